The van der Waals surface area contributed by atoms with Crippen LogP contribution in [0.4, 0.5) is 16.2 Å². The molecular formula is C13H9Cl2N5O4S. The Balaban J connectivity index is 2.35. The third-order valence-corrected chi connectivity index (χ3v) is 4.66. The highest BCUT2D eigenvalue weighted by Crippen LogP contribution is 2.29. The number of rotatable bonds is 3. The molecule has 2 amide bonds. The Morgan fingerprint density at radius 3 is 2.48 bits per heavy atom. The number of sulfonamides is 1. The van der Waals surface area contributed by atoms with Gasteiger partial charge in [-0.1, -0.05) is 29.3 Å². The molecule has 2 rings (SSSR count). The van der Waals surface area contributed by atoms with Crippen LogP contribution in [0, 0.1) is 11.3 Å². The Morgan fingerprint density at radius 1 is 1.24 bits per heavy atom. The van der Waals surface area contributed by atoms with Gasteiger partial charge in [0.15, 0.2) is 4.90 Å². The van der Waals surface area contributed by atoms with Crippen LogP contribution in [-0.2, 0) is 10.0 Å². The van der Waals surface area contributed by atoms with Gasteiger partial charge >= 0.3 is 6.03 Å². The number of nitrogens with two attached hydrogens (primary N) is 1. The van der Waals surface area contributed by atoms with Crippen LogP contribution in [0.2, 0.25) is 10.0 Å². The van der Waals surface area contributed by atoms with E-state index in [0.29, 0.717) is 0 Å². The summed E-state index contributed by atoms with van der Waals surface area (Å²) < 4.78 is 23.0. The fraction of sp³-hybridized carbons (Fsp3) is 0. The first kappa shape index (κ1) is 18.8. The minimum absolute atomic E-state index is 0.0817. The number of halogens is 2. The molecule has 0 fully saturated rings. The van der Waals surface area contributed by atoms with E-state index in [2.05, 4.69) is 15.6 Å². The average molecular weight is 402 g/mol. The van der Waals surface area contributed by atoms with Gasteiger partial charge in [-0.3, -0.25) is 4.79 Å². The number of hydrogen-bond donors (Lipinski definition) is 4. The van der Waals surface area contributed by atoms with Gasteiger partial charge in [-0.15, -0.1) is 0 Å². The number of primary sulfonamides is 1. The highest BCUT2D eigenvalue weighted by Gasteiger charge is 2.22. The third kappa shape index (κ3) is 4.09. The zero-order chi connectivity index (χ0) is 18.8. The number of pyridine rings is 1. The molecule has 9 nitrogen and oxygen atoms in total. The predicted octanol–water partition coefficient (Wildman–Crippen LogP) is 1.84. The van der Waals surface area contributed by atoms with Crippen LogP contribution in [-0.4, -0.2) is 19.4 Å². The quantitative estimate of drug-likeness (QED) is 0.616. The minimum atomic E-state index is -4.48. The van der Waals surface area contributed by atoms with E-state index in [9.17, 15) is 18.0 Å². The number of anilines is 2. The van der Waals surface area contributed by atoms with Gasteiger partial charge in [-0.05, 0) is 12.1 Å². The second-order valence-electron chi connectivity index (χ2n) is 4.57. The molecule has 1 heterocycles. The summed E-state index contributed by atoms with van der Waals surface area (Å²) in [7, 11) is -4.48. The Bertz CT molecular complexity index is 1060. The van der Waals surface area contributed by atoms with Crippen LogP contribution < -0.4 is 21.2 Å². The number of aromatic nitrogens is 1. The zero-order valence-corrected chi connectivity index (χ0v) is 14.5. The molecule has 0 atom stereocenters. The number of nitrogens with one attached hydrogen (secondary N) is 3. The molecule has 5 N–H and O–H groups in total. The standard InChI is InChI=1S/C13H9Cl2N5O4S/c14-6-2-1-3-7(10(6)15)19-13(22)20-9-5-18-8(4-16)12(11(9)21)25(17,23)24/h1-3,5H,(H,18,21)(H2,17,23,24)(H2,19,20,22). The van der Waals surface area contributed by atoms with Gasteiger partial charge in [0.25, 0.3) is 0 Å². The molecule has 2 aromatic rings. The maximum atomic E-state index is 12.2. The molecule has 0 aliphatic carbocycles. The molecule has 1 aromatic heterocycles. The number of carbonyl (C=O) groups is 1. The molecule has 1 aromatic carbocycles. The van der Waals surface area contributed by atoms with Crippen LogP contribution >= 0.6 is 23.2 Å². The number of nitriles is 1. The van der Waals surface area contributed by atoms with E-state index in [-0.39, 0.29) is 15.7 Å². The molecule has 130 valence electrons. The number of amides is 2. The van der Waals surface area contributed by atoms with E-state index in [0.717, 1.165) is 6.20 Å². The van der Waals surface area contributed by atoms with E-state index in [1.807, 2.05) is 0 Å². The van der Waals surface area contributed by atoms with Crippen molar-refractivity contribution >= 4 is 50.6 Å². The number of benzene rings is 1. The summed E-state index contributed by atoms with van der Waals surface area (Å²) in [5, 5.41) is 18.6. The molecule has 12 heteroatoms. The molecule has 0 unspecified atom stereocenters. The second kappa shape index (κ2) is 7.12. The first-order chi connectivity index (χ1) is 11.6. The van der Waals surface area contributed by atoms with E-state index in [1.165, 1.54) is 24.3 Å². The van der Waals surface area contributed by atoms with Crippen molar-refractivity contribution in [3.63, 3.8) is 0 Å². The summed E-state index contributed by atoms with van der Waals surface area (Å²) in [6, 6.07) is 5.13. The van der Waals surface area contributed by atoms with Crippen LogP contribution in [0.15, 0.2) is 34.1 Å². The monoisotopic (exact) mass is 401 g/mol. The van der Waals surface area contributed by atoms with Crippen molar-refractivity contribution in [2.24, 2.45) is 5.14 Å². The summed E-state index contributed by atoms with van der Waals surface area (Å²) >= 11 is 11.7. The largest absolute Gasteiger partial charge is 0.350 e. The molecule has 0 saturated heterocycles. The van der Waals surface area contributed by atoms with Gasteiger partial charge < -0.3 is 15.6 Å². The lowest BCUT2D eigenvalue weighted by Gasteiger charge is -2.10. The summed E-state index contributed by atoms with van der Waals surface area (Å²) in [6.07, 6.45) is 0.967. The van der Waals surface area contributed by atoms with Gasteiger partial charge in [0.1, 0.15) is 17.5 Å². The topological polar surface area (TPSA) is 158 Å². The van der Waals surface area contributed by atoms with Crippen LogP contribution in [0.3, 0.4) is 0 Å². The lowest BCUT2D eigenvalue weighted by atomic mass is 10.3. The van der Waals surface area contributed by atoms with Crippen LogP contribution in [0.25, 0.3) is 0 Å². The molecule has 0 aliphatic heterocycles. The molecule has 0 spiro atoms. The van der Waals surface area contributed by atoms with E-state index < -0.39 is 37.8 Å². The lowest BCUT2D eigenvalue weighted by molar-refractivity contribution is 0.262. The number of carbonyl (C=O) groups excluding carboxylic acids is 1. The number of hydrogen-bond acceptors (Lipinski definition) is 5. The van der Waals surface area contributed by atoms with E-state index in [1.54, 1.807) is 0 Å². The predicted molar refractivity (Wildman–Crippen MR) is 92.3 cm³/mol. The summed E-state index contributed by atoms with van der Waals surface area (Å²) in [5.74, 6) is 0. The molecule has 0 saturated carbocycles. The van der Waals surface area contributed by atoms with E-state index in [4.69, 9.17) is 33.6 Å². The van der Waals surface area contributed by atoms with Crippen molar-refractivity contribution in [3.8, 4) is 6.07 Å². The Labute approximate surface area is 151 Å². The normalized spacial score (nSPS) is 10.8. The fourth-order valence-corrected chi connectivity index (χ4v) is 2.94. The summed E-state index contributed by atoms with van der Waals surface area (Å²) in [6.45, 7) is 0. The van der Waals surface area contributed by atoms with Crippen LogP contribution in [0.1, 0.15) is 5.69 Å². The van der Waals surface area contributed by atoms with Crippen molar-refractivity contribution in [2.75, 3.05) is 10.6 Å². The first-order valence-electron chi connectivity index (χ1n) is 6.35. The van der Waals surface area contributed by atoms with Gasteiger partial charge in [-0.2, -0.15) is 5.26 Å². The van der Waals surface area contributed by atoms with Gasteiger partial charge in [-0.25, -0.2) is 18.4 Å². The molecule has 0 bridgehead atoms. The molecular weight excluding hydrogens is 393 g/mol. The highest BCUT2D eigenvalue weighted by atomic mass is 35.5. The minimum Gasteiger partial charge on any atom is -0.350 e. The van der Waals surface area contributed by atoms with Crippen molar-refractivity contribution in [1.29, 1.82) is 5.26 Å². The average Bonchev–Trinajstić information content (AvgIpc) is 2.52. The highest BCUT2D eigenvalue weighted by molar-refractivity contribution is 7.89. The SMILES string of the molecule is N#Cc1[nH]cc(NC(=O)Nc2cccc(Cl)c2Cl)c(=O)c1S(N)(=O)=O. The Kier molecular flexibility index (Phi) is 5.34. The maximum Gasteiger partial charge on any atom is 0.323 e. The summed E-state index contributed by atoms with van der Waals surface area (Å²) in [4.78, 5) is 25.5. The van der Waals surface area contributed by atoms with Crippen molar-refractivity contribution < 1.29 is 13.2 Å². The first-order valence-corrected chi connectivity index (χ1v) is 8.66. The van der Waals surface area contributed by atoms with Crippen molar-refractivity contribution in [3.05, 3.63) is 50.4 Å². The Morgan fingerprint density at radius 2 is 1.88 bits per heavy atom. The number of H-pyrrole nitrogens is 1. The lowest BCUT2D eigenvalue weighted by Crippen LogP contribution is -2.29. The molecule has 25 heavy (non-hydrogen) atoms. The fourth-order valence-electron chi connectivity index (χ4n) is 1.83. The smallest absolute Gasteiger partial charge is 0.323 e. The Hall–Kier alpha value is -2.58. The number of nitrogens with zero attached hydrogens (tertiary/aromatic N) is 1. The summed E-state index contributed by atoms with van der Waals surface area (Å²) in [5.41, 5.74) is -1.94. The van der Waals surface area contributed by atoms with E-state index >= 15 is 0 Å². The maximum absolute atomic E-state index is 12.2. The van der Waals surface area contributed by atoms with Gasteiger partial charge in [0.05, 0.1) is 15.7 Å². The molecule has 0 radical (unpaired) electrons. The van der Waals surface area contributed by atoms with Gasteiger partial charge in [0.2, 0.25) is 15.5 Å². The van der Waals surface area contributed by atoms with Gasteiger partial charge in [0, 0.05) is 6.20 Å². The number of aromatic amines is 1. The third-order valence-electron chi connectivity index (χ3n) is 2.88. The molecule has 0 aliphatic rings. The van der Waals surface area contributed by atoms with Crippen molar-refractivity contribution in [2.45, 2.75) is 4.90 Å². The number of urea groups is 1. The van der Waals surface area contributed by atoms with Crippen molar-refractivity contribution in [1.82, 2.24) is 4.98 Å². The zero-order valence-electron chi connectivity index (χ0n) is 12.1. The van der Waals surface area contributed by atoms with Crippen LogP contribution in [0.5, 0.6) is 0 Å². The second-order valence-corrected chi connectivity index (χ2v) is 6.86.